The Morgan fingerprint density at radius 2 is 1.79 bits per heavy atom. The maximum absolute atomic E-state index is 12.6. The third kappa shape index (κ3) is 4.11. The maximum Gasteiger partial charge on any atom is 0.317 e. The second-order valence-electron chi connectivity index (χ2n) is 6.86. The van der Waals surface area contributed by atoms with Crippen molar-refractivity contribution in [1.29, 1.82) is 0 Å². The minimum atomic E-state index is -0.0695. The molecule has 1 fully saturated rings. The molecule has 1 N–H and O–H groups in total. The van der Waals surface area contributed by atoms with Crippen molar-refractivity contribution in [2.24, 2.45) is 0 Å². The zero-order valence-corrected chi connectivity index (χ0v) is 16.6. The molecule has 0 aliphatic carbocycles. The normalized spacial score (nSPS) is 15.2. The van der Waals surface area contributed by atoms with Crippen LogP contribution in [-0.2, 0) is 6.54 Å². The molecule has 2 heterocycles. The summed E-state index contributed by atoms with van der Waals surface area (Å²) in [6.45, 7) is 3.40. The van der Waals surface area contributed by atoms with Crippen LogP contribution in [0.5, 0.6) is 23.0 Å². The second-order valence-corrected chi connectivity index (χ2v) is 6.86. The molecule has 154 valence electrons. The molecule has 0 atom stereocenters. The van der Waals surface area contributed by atoms with Gasteiger partial charge in [0, 0.05) is 38.8 Å². The van der Waals surface area contributed by atoms with E-state index in [0.29, 0.717) is 19.6 Å². The number of amides is 2. The number of hydrogen-bond donors (Lipinski definition) is 1. The van der Waals surface area contributed by atoms with Crippen LogP contribution in [0.2, 0.25) is 0 Å². The third-order valence-electron chi connectivity index (χ3n) is 5.17. The van der Waals surface area contributed by atoms with E-state index < -0.39 is 0 Å². The van der Waals surface area contributed by atoms with Gasteiger partial charge in [-0.2, -0.15) is 0 Å². The van der Waals surface area contributed by atoms with E-state index in [9.17, 15) is 4.79 Å². The number of nitrogens with zero attached hydrogens (tertiary/aromatic N) is 2. The van der Waals surface area contributed by atoms with Crippen LogP contribution in [0.25, 0.3) is 0 Å². The largest absolute Gasteiger partial charge is 0.497 e. The van der Waals surface area contributed by atoms with Crippen molar-refractivity contribution in [1.82, 2.24) is 10.2 Å². The predicted octanol–water partition coefficient (Wildman–Crippen LogP) is 2.46. The second kappa shape index (κ2) is 8.38. The number of urea groups is 1. The lowest BCUT2D eigenvalue weighted by molar-refractivity contribution is 0.174. The smallest absolute Gasteiger partial charge is 0.317 e. The molecule has 2 aliphatic heterocycles. The fourth-order valence-electron chi connectivity index (χ4n) is 3.53. The Bertz CT molecular complexity index is 881. The lowest BCUT2D eigenvalue weighted by atomic mass is 10.2. The van der Waals surface area contributed by atoms with Crippen molar-refractivity contribution in [2.45, 2.75) is 6.54 Å². The Labute approximate surface area is 169 Å². The number of carbonyl (C=O) groups is 1. The molecule has 2 amide bonds. The maximum atomic E-state index is 12.6. The molecule has 0 aromatic heterocycles. The summed E-state index contributed by atoms with van der Waals surface area (Å²) >= 11 is 0. The summed E-state index contributed by atoms with van der Waals surface area (Å²) in [6, 6.07) is 11.4. The predicted molar refractivity (Wildman–Crippen MR) is 108 cm³/mol. The first-order chi connectivity index (χ1) is 14.2. The van der Waals surface area contributed by atoms with Gasteiger partial charge in [0.05, 0.1) is 19.9 Å². The number of nitrogens with one attached hydrogen (secondary N) is 1. The first-order valence-corrected chi connectivity index (χ1v) is 9.56. The number of fused-ring (bicyclic) bond motifs is 1. The van der Waals surface area contributed by atoms with Gasteiger partial charge < -0.3 is 34.1 Å². The molecule has 0 saturated carbocycles. The summed E-state index contributed by atoms with van der Waals surface area (Å²) in [4.78, 5) is 16.6. The fourth-order valence-corrected chi connectivity index (χ4v) is 3.53. The summed E-state index contributed by atoms with van der Waals surface area (Å²) in [5, 5.41) is 2.98. The van der Waals surface area contributed by atoms with E-state index in [-0.39, 0.29) is 12.8 Å². The van der Waals surface area contributed by atoms with Gasteiger partial charge >= 0.3 is 6.03 Å². The monoisotopic (exact) mass is 399 g/mol. The van der Waals surface area contributed by atoms with Gasteiger partial charge in [0.25, 0.3) is 0 Å². The lowest BCUT2D eigenvalue weighted by Crippen LogP contribution is -2.51. The minimum absolute atomic E-state index is 0.0695. The molecule has 2 aromatic rings. The van der Waals surface area contributed by atoms with Crippen molar-refractivity contribution < 1.29 is 23.7 Å². The average molecular weight is 399 g/mol. The summed E-state index contributed by atoms with van der Waals surface area (Å²) in [7, 11) is 3.30. The molecular formula is C21H25N3O5. The SMILES string of the molecule is COc1ccc(OC)c(N2CCN(C(=O)NCc3ccc4c(c3)OCO4)CC2)c1. The topological polar surface area (TPSA) is 72.5 Å². The molecule has 1 saturated heterocycles. The highest BCUT2D eigenvalue weighted by Crippen LogP contribution is 2.33. The molecule has 8 nitrogen and oxygen atoms in total. The molecule has 0 spiro atoms. The van der Waals surface area contributed by atoms with Crippen LogP contribution in [0.1, 0.15) is 5.56 Å². The Morgan fingerprint density at radius 1 is 1.00 bits per heavy atom. The van der Waals surface area contributed by atoms with Gasteiger partial charge in [-0.05, 0) is 29.8 Å². The van der Waals surface area contributed by atoms with Crippen LogP contribution < -0.4 is 29.2 Å². The van der Waals surface area contributed by atoms with Gasteiger partial charge in [0.15, 0.2) is 11.5 Å². The van der Waals surface area contributed by atoms with Crippen LogP contribution in [-0.4, -0.2) is 58.1 Å². The molecule has 2 aliphatic rings. The Kier molecular flexibility index (Phi) is 5.50. The Balaban J connectivity index is 1.32. The quantitative estimate of drug-likeness (QED) is 0.833. The highest BCUT2D eigenvalue weighted by atomic mass is 16.7. The molecule has 8 heteroatoms. The van der Waals surface area contributed by atoms with Crippen molar-refractivity contribution in [3.05, 3.63) is 42.0 Å². The fraction of sp³-hybridized carbons (Fsp3) is 0.381. The van der Waals surface area contributed by atoms with E-state index in [0.717, 1.165) is 47.3 Å². The standard InChI is InChI=1S/C21H25N3O5/c1-26-16-4-6-18(27-2)17(12-16)23-7-9-24(10-8-23)21(25)22-13-15-3-5-19-20(11-15)29-14-28-19/h3-6,11-12H,7-10,13-14H2,1-2H3,(H,22,25). The van der Waals surface area contributed by atoms with Crippen molar-refractivity contribution >= 4 is 11.7 Å². The summed E-state index contributed by atoms with van der Waals surface area (Å²) in [6.07, 6.45) is 0. The highest BCUT2D eigenvalue weighted by Gasteiger charge is 2.23. The first-order valence-electron chi connectivity index (χ1n) is 9.56. The van der Waals surface area contributed by atoms with E-state index in [1.807, 2.05) is 41.3 Å². The molecule has 29 heavy (non-hydrogen) atoms. The number of carbonyl (C=O) groups excluding carboxylic acids is 1. The van der Waals surface area contributed by atoms with Crippen LogP contribution in [0.15, 0.2) is 36.4 Å². The number of hydrogen-bond acceptors (Lipinski definition) is 6. The number of anilines is 1. The van der Waals surface area contributed by atoms with Gasteiger partial charge in [-0.1, -0.05) is 6.07 Å². The molecule has 0 unspecified atom stereocenters. The molecule has 0 radical (unpaired) electrons. The molecule has 0 bridgehead atoms. The van der Waals surface area contributed by atoms with E-state index in [4.69, 9.17) is 18.9 Å². The van der Waals surface area contributed by atoms with Crippen LogP contribution >= 0.6 is 0 Å². The summed E-state index contributed by atoms with van der Waals surface area (Å²) < 4.78 is 21.5. The van der Waals surface area contributed by atoms with Gasteiger partial charge in [-0.25, -0.2) is 4.79 Å². The zero-order valence-electron chi connectivity index (χ0n) is 16.6. The van der Waals surface area contributed by atoms with Crippen LogP contribution in [0, 0.1) is 0 Å². The Hall–Kier alpha value is -3.29. The van der Waals surface area contributed by atoms with E-state index in [1.54, 1.807) is 14.2 Å². The molecule has 4 rings (SSSR count). The van der Waals surface area contributed by atoms with E-state index in [1.165, 1.54) is 0 Å². The summed E-state index contributed by atoms with van der Waals surface area (Å²) in [5.74, 6) is 3.04. The van der Waals surface area contributed by atoms with Crippen molar-refractivity contribution in [2.75, 3.05) is 52.1 Å². The average Bonchev–Trinajstić information content (AvgIpc) is 3.25. The molecular weight excluding hydrogens is 374 g/mol. The van der Waals surface area contributed by atoms with Crippen LogP contribution in [0.4, 0.5) is 10.5 Å². The highest BCUT2D eigenvalue weighted by molar-refractivity contribution is 5.75. The van der Waals surface area contributed by atoms with Gasteiger partial charge in [-0.3, -0.25) is 0 Å². The first kappa shape index (κ1) is 19.0. The van der Waals surface area contributed by atoms with Gasteiger partial charge in [0.1, 0.15) is 11.5 Å². The van der Waals surface area contributed by atoms with E-state index >= 15 is 0 Å². The number of piperazine rings is 1. The zero-order chi connectivity index (χ0) is 20.2. The molecule has 2 aromatic carbocycles. The number of rotatable bonds is 5. The van der Waals surface area contributed by atoms with Crippen LogP contribution in [0.3, 0.4) is 0 Å². The summed E-state index contributed by atoms with van der Waals surface area (Å²) in [5.41, 5.74) is 1.95. The van der Waals surface area contributed by atoms with Gasteiger partial charge in [-0.15, -0.1) is 0 Å². The number of benzene rings is 2. The minimum Gasteiger partial charge on any atom is -0.497 e. The third-order valence-corrected chi connectivity index (χ3v) is 5.17. The van der Waals surface area contributed by atoms with Crippen molar-refractivity contribution in [3.63, 3.8) is 0 Å². The van der Waals surface area contributed by atoms with E-state index in [2.05, 4.69) is 10.2 Å². The Morgan fingerprint density at radius 3 is 2.55 bits per heavy atom. The van der Waals surface area contributed by atoms with Crippen molar-refractivity contribution in [3.8, 4) is 23.0 Å². The lowest BCUT2D eigenvalue weighted by Gasteiger charge is -2.36. The number of ether oxygens (including phenoxy) is 4. The number of methoxy groups -OCH3 is 2. The van der Waals surface area contributed by atoms with Gasteiger partial charge in [0.2, 0.25) is 6.79 Å².